The highest BCUT2D eigenvalue weighted by Gasteiger charge is 2.40. The average molecular weight is 273 g/mol. The van der Waals surface area contributed by atoms with Gasteiger partial charge in [0.15, 0.2) is 0 Å². The van der Waals surface area contributed by atoms with Crippen molar-refractivity contribution in [3.05, 3.63) is 30.6 Å². The Bertz CT molecular complexity index is 586. The number of nitrogens with two attached hydrogens (primary N) is 1. The number of halogens is 4. The zero-order valence-electron chi connectivity index (χ0n) is 9.71. The van der Waals surface area contributed by atoms with E-state index in [0.29, 0.717) is 22.1 Å². The van der Waals surface area contributed by atoms with Crippen LogP contribution in [0.3, 0.4) is 0 Å². The Hall–Kier alpha value is -2.05. The Morgan fingerprint density at radius 1 is 1.21 bits per heavy atom. The average Bonchev–Trinajstić information content (AvgIpc) is 2.38. The monoisotopic (exact) mass is 273 g/mol. The van der Waals surface area contributed by atoms with Crippen molar-refractivity contribution < 1.29 is 17.6 Å². The smallest absolute Gasteiger partial charge is 0.324 e. The summed E-state index contributed by atoms with van der Waals surface area (Å²) >= 11 is 0. The predicted octanol–water partition coefficient (Wildman–Crippen LogP) is 3.13. The van der Waals surface area contributed by atoms with E-state index < -0.39 is 18.9 Å². The zero-order chi connectivity index (χ0) is 14.0. The molecular formula is C12H11F4N3. The molecular weight excluding hydrogens is 262 g/mol. The Labute approximate surface area is 106 Å². The molecule has 0 fully saturated rings. The van der Waals surface area contributed by atoms with Gasteiger partial charge in [0.2, 0.25) is 0 Å². The van der Waals surface area contributed by atoms with Crippen LogP contribution < -0.4 is 11.1 Å². The second kappa shape index (κ2) is 4.91. The van der Waals surface area contributed by atoms with Crippen molar-refractivity contribution in [2.75, 3.05) is 17.6 Å². The first-order valence-electron chi connectivity index (χ1n) is 5.44. The van der Waals surface area contributed by atoms with E-state index in [9.17, 15) is 17.6 Å². The van der Waals surface area contributed by atoms with Crippen LogP contribution in [0.25, 0.3) is 10.8 Å². The molecule has 2 aromatic rings. The minimum Gasteiger partial charge on any atom is -0.398 e. The number of nitrogens with one attached hydrogen (secondary N) is 1. The fourth-order valence-corrected chi connectivity index (χ4v) is 1.66. The van der Waals surface area contributed by atoms with E-state index in [0.717, 1.165) is 0 Å². The number of nitrogen functional groups attached to an aromatic ring is 1. The first-order valence-corrected chi connectivity index (χ1v) is 5.44. The molecule has 3 N–H and O–H groups in total. The van der Waals surface area contributed by atoms with E-state index >= 15 is 0 Å². The lowest BCUT2D eigenvalue weighted by molar-refractivity contribution is -0.117. The van der Waals surface area contributed by atoms with Crippen molar-refractivity contribution >= 4 is 22.1 Å². The van der Waals surface area contributed by atoms with Crippen molar-refractivity contribution in [2.45, 2.75) is 12.3 Å². The van der Waals surface area contributed by atoms with Crippen LogP contribution in [0.1, 0.15) is 0 Å². The summed E-state index contributed by atoms with van der Waals surface area (Å²) in [5, 5.41) is 3.46. The Kier molecular flexibility index (Phi) is 3.46. The first-order chi connectivity index (χ1) is 8.92. The molecule has 0 aliphatic carbocycles. The number of aromatic nitrogens is 1. The van der Waals surface area contributed by atoms with Gasteiger partial charge in [-0.05, 0) is 18.2 Å². The van der Waals surface area contributed by atoms with Gasteiger partial charge < -0.3 is 11.1 Å². The van der Waals surface area contributed by atoms with Gasteiger partial charge >= 0.3 is 12.3 Å². The molecule has 0 spiro atoms. The number of benzene rings is 1. The fourth-order valence-electron chi connectivity index (χ4n) is 1.66. The van der Waals surface area contributed by atoms with E-state index in [1.165, 1.54) is 24.5 Å². The highest BCUT2D eigenvalue weighted by Crippen LogP contribution is 2.29. The summed E-state index contributed by atoms with van der Waals surface area (Å²) < 4.78 is 49.9. The summed E-state index contributed by atoms with van der Waals surface area (Å²) in [5.74, 6) is -4.08. The second-order valence-electron chi connectivity index (χ2n) is 4.04. The summed E-state index contributed by atoms with van der Waals surface area (Å²) in [4.78, 5) is 3.88. The molecule has 0 aliphatic heterocycles. The molecule has 0 unspecified atom stereocenters. The fraction of sp³-hybridized carbons (Fsp3) is 0.250. The van der Waals surface area contributed by atoms with Crippen LogP contribution in [0.15, 0.2) is 30.6 Å². The molecule has 0 amide bonds. The molecule has 0 atom stereocenters. The number of anilines is 2. The van der Waals surface area contributed by atoms with Crippen molar-refractivity contribution in [3.8, 4) is 0 Å². The maximum absolute atomic E-state index is 12.9. The van der Waals surface area contributed by atoms with E-state index in [1.807, 2.05) is 0 Å². The first kappa shape index (κ1) is 13.4. The predicted molar refractivity (Wildman–Crippen MR) is 65.6 cm³/mol. The zero-order valence-corrected chi connectivity index (χ0v) is 9.71. The van der Waals surface area contributed by atoms with Crippen LogP contribution in [-0.2, 0) is 0 Å². The van der Waals surface area contributed by atoms with Crippen molar-refractivity contribution in [3.63, 3.8) is 0 Å². The number of pyridine rings is 1. The second-order valence-corrected chi connectivity index (χ2v) is 4.04. The SMILES string of the molecule is Nc1ccc(NCC(F)(F)C(F)F)c2ccncc12. The van der Waals surface area contributed by atoms with Gasteiger partial charge in [-0.2, -0.15) is 8.78 Å². The third kappa shape index (κ3) is 2.69. The lowest BCUT2D eigenvalue weighted by Gasteiger charge is -2.17. The summed E-state index contributed by atoms with van der Waals surface area (Å²) in [5.41, 5.74) is 6.47. The maximum atomic E-state index is 12.9. The molecule has 0 bridgehead atoms. The minimum absolute atomic E-state index is 0.312. The summed E-state index contributed by atoms with van der Waals surface area (Å²) in [6, 6.07) is 4.56. The van der Waals surface area contributed by atoms with Gasteiger partial charge in [0.25, 0.3) is 0 Å². The van der Waals surface area contributed by atoms with Crippen LogP contribution in [0.4, 0.5) is 28.9 Å². The molecule has 0 saturated carbocycles. The molecule has 19 heavy (non-hydrogen) atoms. The minimum atomic E-state index is -4.08. The van der Waals surface area contributed by atoms with Gasteiger partial charge in [0.05, 0.1) is 6.54 Å². The normalized spacial score (nSPS) is 12.1. The van der Waals surface area contributed by atoms with Crippen LogP contribution in [0, 0.1) is 0 Å². The summed E-state index contributed by atoms with van der Waals surface area (Å²) in [6.45, 7) is -1.15. The summed E-state index contributed by atoms with van der Waals surface area (Å²) in [7, 11) is 0. The molecule has 2 rings (SSSR count). The van der Waals surface area contributed by atoms with Gasteiger partial charge in [-0.25, -0.2) is 8.78 Å². The lowest BCUT2D eigenvalue weighted by Crippen LogP contribution is -2.34. The number of hydrogen-bond acceptors (Lipinski definition) is 3. The van der Waals surface area contributed by atoms with Crippen LogP contribution in [-0.4, -0.2) is 23.9 Å². The largest absolute Gasteiger partial charge is 0.398 e. The van der Waals surface area contributed by atoms with E-state index in [2.05, 4.69) is 10.3 Å². The van der Waals surface area contributed by atoms with E-state index in [1.54, 1.807) is 6.07 Å². The third-order valence-electron chi connectivity index (χ3n) is 2.69. The van der Waals surface area contributed by atoms with Crippen LogP contribution >= 0.6 is 0 Å². The van der Waals surface area contributed by atoms with Crippen LogP contribution in [0.5, 0.6) is 0 Å². The Morgan fingerprint density at radius 2 is 1.95 bits per heavy atom. The topological polar surface area (TPSA) is 50.9 Å². The van der Waals surface area contributed by atoms with Gasteiger partial charge in [-0.1, -0.05) is 0 Å². The Morgan fingerprint density at radius 3 is 2.63 bits per heavy atom. The molecule has 0 radical (unpaired) electrons. The van der Waals surface area contributed by atoms with Gasteiger partial charge in [-0.15, -0.1) is 0 Å². The van der Waals surface area contributed by atoms with Crippen LogP contribution in [0.2, 0.25) is 0 Å². The number of fused-ring (bicyclic) bond motifs is 1. The van der Waals surface area contributed by atoms with Crippen molar-refractivity contribution in [1.82, 2.24) is 4.98 Å². The number of nitrogens with zero attached hydrogens (tertiary/aromatic N) is 1. The maximum Gasteiger partial charge on any atom is 0.324 e. The Balaban J connectivity index is 2.29. The number of alkyl halides is 4. The molecule has 0 saturated heterocycles. The van der Waals surface area contributed by atoms with Gasteiger partial charge in [0.1, 0.15) is 0 Å². The standard InChI is InChI=1S/C12H11F4N3/c13-11(14)12(15,16)6-19-10-2-1-9(17)8-5-18-4-3-7(8)10/h1-5,11,19H,6,17H2. The van der Waals surface area contributed by atoms with E-state index in [4.69, 9.17) is 5.73 Å². The molecule has 7 heteroatoms. The third-order valence-corrected chi connectivity index (χ3v) is 2.69. The number of rotatable bonds is 4. The van der Waals surface area contributed by atoms with Gasteiger partial charge in [0, 0.05) is 34.5 Å². The number of hydrogen-bond donors (Lipinski definition) is 2. The quantitative estimate of drug-likeness (QED) is 0.664. The highest BCUT2D eigenvalue weighted by atomic mass is 19.3. The molecule has 1 aromatic carbocycles. The molecule has 3 nitrogen and oxygen atoms in total. The van der Waals surface area contributed by atoms with Crippen molar-refractivity contribution in [2.24, 2.45) is 0 Å². The molecule has 1 heterocycles. The molecule has 102 valence electrons. The van der Waals surface area contributed by atoms with Gasteiger partial charge in [-0.3, -0.25) is 4.98 Å². The summed E-state index contributed by atoms with van der Waals surface area (Å²) in [6.07, 6.45) is -0.749. The van der Waals surface area contributed by atoms with E-state index in [-0.39, 0.29) is 0 Å². The highest BCUT2D eigenvalue weighted by molar-refractivity contribution is 6.00. The molecule has 0 aliphatic rings. The van der Waals surface area contributed by atoms with Crippen molar-refractivity contribution in [1.29, 1.82) is 0 Å². The lowest BCUT2D eigenvalue weighted by atomic mass is 10.1. The molecule has 1 aromatic heterocycles.